The molecule has 1 aliphatic heterocycles. The predicted molar refractivity (Wildman–Crippen MR) is 260 cm³/mol. The Hall–Kier alpha value is -7.73. The number of fused-ring (bicyclic) bond motifs is 9. The van der Waals surface area contributed by atoms with Crippen LogP contribution in [0.4, 0.5) is 0 Å². The normalized spacial score (nSPS) is 18.1. The second kappa shape index (κ2) is 14.4. The number of furan rings is 2. The number of hydrogen-bond acceptors (Lipinski definition) is 4. The Kier molecular flexibility index (Phi) is 8.25. The average Bonchev–Trinajstić information content (AvgIpc) is 4.03. The maximum absolute atomic E-state index is 6.31. The van der Waals surface area contributed by atoms with Crippen LogP contribution in [-0.2, 0) is 0 Å². The van der Waals surface area contributed by atoms with Crippen molar-refractivity contribution in [3.05, 3.63) is 217 Å². The number of aromatic nitrogens is 1. The Balaban J connectivity index is 0.988. The highest BCUT2D eigenvalue weighted by atomic mass is 16.3. The van der Waals surface area contributed by atoms with E-state index in [2.05, 4.69) is 192 Å². The average molecular weight is 812 g/mol. The number of nitrogens with one attached hydrogen (secondary N) is 1. The van der Waals surface area contributed by atoms with E-state index >= 15 is 0 Å². The van der Waals surface area contributed by atoms with Gasteiger partial charge in [-0.15, -0.1) is 0 Å². The van der Waals surface area contributed by atoms with Crippen LogP contribution in [0, 0.1) is 5.92 Å². The minimum atomic E-state index is -0.161. The van der Waals surface area contributed by atoms with Crippen molar-refractivity contribution in [2.45, 2.75) is 25.0 Å². The summed E-state index contributed by atoms with van der Waals surface area (Å²) in [5.41, 5.74) is 15.6. The van der Waals surface area contributed by atoms with Crippen LogP contribution in [0.3, 0.4) is 0 Å². The van der Waals surface area contributed by atoms with Crippen LogP contribution in [0.15, 0.2) is 214 Å². The van der Waals surface area contributed by atoms with Crippen molar-refractivity contribution in [2.75, 3.05) is 0 Å². The molecule has 13 rings (SSSR count). The highest BCUT2D eigenvalue weighted by Crippen LogP contribution is 2.43. The molecule has 300 valence electrons. The van der Waals surface area contributed by atoms with Crippen LogP contribution < -0.4 is 5.32 Å². The van der Waals surface area contributed by atoms with E-state index in [4.69, 9.17) is 13.8 Å². The van der Waals surface area contributed by atoms with Crippen LogP contribution in [-0.4, -0.2) is 10.3 Å². The monoisotopic (exact) mass is 811 g/mol. The summed E-state index contributed by atoms with van der Waals surface area (Å²) in [6, 6.07) is 67.3. The minimum absolute atomic E-state index is 0.0586. The van der Waals surface area contributed by atoms with Crippen LogP contribution in [0.25, 0.3) is 88.1 Å². The van der Waals surface area contributed by atoms with Gasteiger partial charge in [-0.2, -0.15) is 0 Å². The molecule has 1 aliphatic carbocycles. The van der Waals surface area contributed by atoms with Gasteiger partial charge in [0.25, 0.3) is 0 Å². The molecule has 0 saturated carbocycles. The van der Waals surface area contributed by atoms with Gasteiger partial charge in [0.15, 0.2) is 0 Å². The van der Waals surface area contributed by atoms with Crippen molar-refractivity contribution < 1.29 is 8.83 Å². The molecular formula is C58H41N3O2. The van der Waals surface area contributed by atoms with Gasteiger partial charge in [-0.1, -0.05) is 140 Å². The number of benzene rings is 8. The Morgan fingerprint density at radius 3 is 1.71 bits per heavy atom. The summed E-state index contributed by atoms with van der Waals surface area (Å²) >= 11 is 0. The minimum Gasteiger partial charge on any atom is -0.456 e. The van der Waals surface area contributed by atoms with Crippen LogP contribution in [0.5, 0.6) is 0 Å². The summed E-state index contributed by atoms with van der Waals surface area (Å²) < 4.78 is 15.0. The summed E-state index contributed by atoms with van der Waals surface area (Å²) in [4.78, 5) is 5.59. The molecule has 0 spiro atoms. The molecule has 4 heterocycles. The second-order valence-electron chi connectivity index (χ2n) is 17.0. The molecule has 0 saturated heterocycles. The zero-order valence-corrected chi connectivity index (χ0v) is 34.4. The molecule has 0 fully saturated rings. The second-order valence-corrected chi connectivity index (χ2v) is 17.0. The number of para-hydroxylation sites is 3. The lowest BCUT2D eigenvalue weighted by atomic mass is 9.82. The molecule has 5 heteroatoms. The van der Waals surface area contributed by atoms with Gasteiger partial charge in [-0.25, -0.2) is 0 Å². The summed E-state index contributed by atoms with van der Waals surface area (Å²) in [6.07, 6.45) is 6.39. The molecule has 1 N–H and O–H groups in total. The number of rotatable bonds is 6. The SMILES string of the molecule is C1=C(c2ccc3oc4ccccc4c3c2)CC(C2=NC(c3ccccc3)NC(c3ccccc3)C2)C=C1n1c2ccccc2c2cc(-c3ccc4oc5ccccc5c4c3)ccc21. The maximum Gasteiger partial charge on any atom is 0.135 e. The Morgan fingerprint density at radius 2 is 1.00 bits per heavy atom. The molecule has 5 nitrogen and oxygen atoms in total. The lowest BCUT2D eigenvalue weighted by Crippen LogP contribution is -2.35. The van der Waals surface area contributed by atoms with Crippen LogP contribution in [0.1, 0.15) is 41.7 Å². The Bertz CT molecular complexity index is 3680. The smallest absolute Gasteiger partial charge is 0.135 e. The molecule has 8 aromatic carbocycles. The summed E-state index contributed by atoms with van der Waals surface area (Å²) in [5, 5.41) is 10.9. The van der Waals surface area contributed by atoms with E-state index in [0.717, 1.165) is 62.4 Å². The third-order valence-corrected chi connectivity index (χ3v) is 13.3. The first-order valence-electron chi connectivity index (χ1n) is 21.9. The van der Waals surface area contributed by atoms with Gasteiger partial charge in [0.2, 0.25) is 0 Å². The molecule has 11 aromatic rings. The zero-order valence-electron chi connectivity index (χ0n) is 34.4. The fourth-order valence-electron chi connectivity index (χ4n) is 10.3. The number of allylic oxidation sites excluding steroid dienone is 4. The largest absolute Gasteiger partial charge is 0.456 e. The van der Waals surface area contributed by atoms with Gasteiger partial charge in [-0.3, -0.25) is 10.3 Å². The first-order chi connectivity index (χ1) is 31.2. The van der Waals surface area contributed by atoms with E-state index in [9.17, 15) is 0 Å². The molecule has 3 atom stereocenters. The van der Waals surface area contributed by atoms with Gasteiger partial charge in [0, 0.05) is 62.1 Å². The van der Waals surface area contributed by atoms with E-state index < -0.39 is 0 Å². The zero-order chi connectivity index (χ0) is 41.4. The van der Waals surface area contributed by atoms with Crippen molar-refractivity contribution in [1.82, 2.24) is 9.88 Å². The summed E-state index contributed by atoms with van der Waals surface area (Å²) in [6.45, 7) is 0. The highest BCUT2D eigenvalue weighted by Gasteiger charge is 2.31. The molecular weight excluding hydrogens is 771 g/mol. The quantitative estimate of drug-likeness (QED) is 0.182. The molecule has 2 aliphatic rings. The molecule has 3 unspecified atom stereocenters. The fraction of sp³-hybridized carbons (Fsp3) is 0.0862. The van der Waals surface area contributed by atoms with Crippen molar-refractivity contribution in [1.29, 1.82) is 0 Å². The topological polar surface area (TPSA) is 55.6 Å². The van der Waals surface area contributed by atoms with E-state index in [1.165, 1.54) is 60.9 Å². The van der Waals surface area contributed by atoms with E-state index in [0.29, 0.717) is 0 Å². The molecule has 63 heavy (non-hydrogen) atoms. The lowest BCUT2D eigenvalue weighted by Gasteiger charge is -2.34. The van der Waals surface area contributed by atoms with Crippen molar-refractivity contribution in [3.8, 4) is 11.1 Å². The lowest BCUT2D eigenvalue weighted by molar-refractivity contribution is 0.433. The maximum atomic E-state index is 6.31. The Morgan fingerprint density at radius 1 is 0.460 bits per heavy atom. The predicted octanol–water partition coefficient (Wildman–Crippen LogP) is 15.1. The van der Waals surface area contributed by atoms with Crippen molar-refractivity contribution in [3.63, 3.8) is 0 Å². The number of nitrogens with zero attached hydrogens (tertiary/aromatic N) is 2. The fourth-order valence-corrected chi connectivity index (χ4v) is 10.3. The standard InChI is InChI=1S/C58H41N3O2/c1-3-13-36(14-4-1)50-35-51(60-58(59-50)37-15-5-2-6-16-37)42-29-41(40-25-28-57-49(34-40)46-19-9-12-22-55(46)63-57)30-43(31-42)61-52-20-10-7-17-44(52)47-32-38(23-26-53(47)61)39-24-27-56-48(33-39)45-18-8-11-21-54(45)62-56/h1-28,30-34,42,50,58-59H,29,35H2. The van der Waals surface area contributed by atoms with E-state index in [-0.39, 0.29) is 18.1 Å². The third kappa shape index (κ3) is 6.07. The first kappa shape index (κ1) is 36.0. The number of aliphatic imine (C=N–C) groups is 1. The van der Waals surface area contributed by atoms with Gasteiger partial charge < -0.3 is 13.4 Å². The number of hydrogen-bond donors (Lipinski definition) is 1. The van der Waals surface area contributed by atoms with Crippen LogP contribution >= 0.6 is 0 Å². The van der Waals surface area contributed by atoms with Gasteiger partial charge >= 0.3 is 0 Å². The van der Waals surface area contributed by atoms with Crippen molar-refractivity contribution >= 4 is 82.7 Å². The van der Waals surface area contributed by atoms with Gasteiger partial charge in [0.1, 0.15) is 28.5 Å². The molecule has 0 bridgehead atoms. The third-order valence-electron chi connectivity index (χ3n) is 13.3. The van der Waals surface area contributed by atoms with E-state index in [1.807, 2.05) is 18.2 Å². The highest BCUT2D eigenvalue weighted by molar-refractivity contribution is 6.13. The molecule has 0 radical (unpaired) electrons. The van der Waals surface area contributed by atoms with Crippen molar-refractivity contribution in [2.24, 2.45) is 10.9 Å². The summed E-state index contributed by atoms with van der Waals surface area (Å²) in [5.74, 6) is 0.0586. The molecule has 0 amide bonds. The summed E-state index contributed by atoms with van der Waals surface area (Å²) in [7, 11) is 0. The Labute approximate surface area is 363 Å². The first-order valence-corrected chi connectivity index (χ1v) is 21.9. The van der Waals surface area contributed by atoms with Crippen LogP contribution in [0.2, 0.25) is 0 Å². The van der Waals surface area contributed by atoms with Gasteiger partial charge in [0.05, 0.1) is 11.0 Å². The van der Waals surface area contributed by atoms with Gasteiger partial charge in [-0.05, 0) is 100 Å². The van der Waals surface area contributed by atoms with E-state index in [1.54, 1.807) is 0 Å². The molecule has 3 aromatic heterocycles.